The highest BCUT2D eigenvalue weighted by Crippen LogP contribution is 2.32. The third-order valence-corrected chi connectivity index (χ3v) is 4.75. The van der Waals surface area contributed by atoms with Gasteiger partial charge < -0.3 is 14.2 Å². The molecular weight excluding hydrogens is 328 g/mol. The smallest absolute Gasteiger partial charge is 0.330 e. The Balaban J connectivity index is 4.53. The minimum Gasteiger partial charge on any atom is -0.463 e. The van der Waals surface area contributed by atoms with Crippen molar-refractivity contribution in [3.63, 3.8) is 0 Å². The van der Waals surface area contributed by atoms with Gasteiger partial charge in [0, 0.05) is 25.2 Å². The van der Waals surface area contributed by atoms with Crippen molar-refractivity contribution in [3.05, 3.63) is 12.2 Å². The van der Waals surface area contributed by atoms with E-state index < -0.39 is 5.79 Å². The van der Waals surface area contributed by atoms with Gasteiger partial charge in [0.05, 0.1) is 6.61 Å². The Hall–Kier alpha value is -0.870. The third kappa shape index (κ3) is 11.7. The summed E-state index contributed by atoms with van der Waals surface area (Å²) < 4.78 is 17.2. The van der Waals surface area contributed by atoms with Gasteiger partial charge in [-0.25, -0.2) is 4.79 Å². The van der Waals surface area contributed by atoms with Crippen molar-refractivity contribution in [1.82, 2.24) is 0 Å². The molecule has 4 heteroatoms. The fourth-order valence-electron chi connectivity index (χ4n) is 3.38. The van der Waals surface area contributed by atoms with Crippen LogP contribution in [-0.2, 0) is 19.0 Å². The summed E-state index contributed by atoms with van der Waals surface area (Å²) in [4.78, 5) is 11.4. The van der Waals surface area contributed by atoms with E-state index in [2.05, 4.69) is 13.8 Å². The van der Waals surface area contributed by atoms with Crippen LogP contribution in [0.25, 0.3) is 0 Å². The molecule has 0 rings (SSSR count). The first-order chi connectivity index (χ1) is 12.5. The van der Waals surface area contributed by atoms with Crippen LogP contribution in [0.4, 0.5) is 0 Å². The van der Waals surface area contributed by atoms with Crippen LogP contribution in [0.1, 0.15) is 92.4 Å². The Kier molecular flexibility index (Phi) is 15.8. The van der Waals surface area contributed by atoms with Crippen LogP contribution in [-0.4, -0.2) is 31.6 Å². The van der Waals surface area contributed by atoms with Gasteiger partial charge in [0.15, 0.2) is 5.79 Å². The summed E-state index contributed by atoms with van der Waals surface area (Å²) in [5, 5.41) is 0. The van der Waals surface area contributed by atoms with Gasteiger partial charge in [-0.2, -0.15) is 0 Å². The quantitative estimate of drug-likeness (QED) is 0.135. The predicted molar refractivity (Wildman–Crippen MR) is 108 cm³/mol. The van der Waals surface area contributed by atoms with Crippen LogP contribution in [0.15, 0.2) is 12.2 Å². The SMILES string of the molecule is CC=CC(=O)OCCCC(CCCCCCCC)C(C)(OCC)OCC. The number of hydrogen-bond acceptors (Lipinski definition) is 4. The monoisotopic (exact) mass is 370 g/mol. The number of hydrogen-bond donors (Lipinski definition) is 0. The van der Waals surface area contributed by atoms with Gasteiger partial charge in [0.1, 0.15) is 0 Å². The Labute approximate surface area is 161 Å². The lowest BCUT2D eigenvalue weighted by Crippen LogP contribution is -2.41. The van der Waals surface area contributed by atoms with E-state index in [4.69, 9.17) is 14.2 Å². The molecule has 4 nitrogen and oxygen atoms in total. The summed E-state index contributed by atoms with van der Waals surface area (Å²) in [5.74, 6) is -0.508. The number of rotatable bonds is 17. The Morgan fingerprint density at radius 2 is 1.50 bits per heavy atom. The van der Waals surface area contributed by atoms with Crippen LogP contribution in [0.5, 0.6) is 0 Å². The molecule has 0 aliphatic rings. The minimum absolute atomic E-state index is 0.266. The number of esters is 1. The molecule has 0 aromatic carbocycles. The van der Waals surface area contributed by atoms with Crippen LogP contribution in [0, 0.1) is 5.92 Å². The molecule has 0 bridgehead atoms. The maximum absolute atomic E-state index is 11.4. The summed E-state index contributed by atoms with van der Waals surface area (Å²) in [6, 6.07) is 0. The fraction of sp³-hybridized carbons (Fsp3) is 0.864. The zero-order chi connectivity index (χ0) is 19.7. The first-order valence-electron chi connectivity index (χ1n) is 10.6. The number of ether oxygens (including phenoxy) is 3. The molecule has 0 amide bonds. The molecule has 0 aromatic heterocycles. The summed E-state index contributed by atoms with van der Waals surface area (Å²) in [6.45, 7) is 11.9. The highest BCUT2D eigenvalue weighted by molar-refractivity contribution is 5.81. The van der Waals surface area contributed by atoms with Crippen molar-refractivity contribution in [2.24, 2.45) is 5.92 Å². The average molecular weight is 371 g/mol. The molecular formula is C22H42O4. The van der Waals surface area contributed by atoms with Crippen LogP contribution >= 0.6 is 0 Å². The van der Waals surface area contributed by atoms with E-state index in [0.717, 1.165) is 19.3 Å². The molecule has 154 valence electrons. The van der Waals surface area contributed by atoms with Gasteiger partial charge in [0.2, 0.25) is 0 Å². The lowest BCUT2D eigenvalue weighted by Gasteiger charge is -2.37. The fourth-order valence-corrected chi connectivity index (χ4v) is 3.38. The Morgan fingerprint density at radius 1 is 0.923 bits per heavy atom. The van der Waals surface area contributed by atoms with Crippen LogP contribution in [0.2, 0.25) is 0 Å². The van der Waals surface area contributed by atoms with Gasteiger partial charge in [-0.05, 0) is 47.0 Å². The topological polar surface area (TPSA) is 44.8 Å². The van der Waals surface area contributed by atoms with Gasteiger partial charge >= 0.3 is 5.97 Å². The molecule has 0 heterocycles. The van der Waals surface area contributed by atoms with E-state index in [1.54, 1.807) is 6.08 Å². The van der Waals surface area contributed by atoms with Gasteiger partial charge in [-0.1, -0.05) is 51.5 Å². The van der Waals surface area contributed by atoms with E-state index in [0.29, 0.717) is 25.7 Å². The maximum Gasteiger partial charge on any atom is 0.330 e. The molecule has 0 aliphatic heterocycles. The Morgan fingerprint density at radius 3 is 2.08 bits per heavy atom. The van der Waals surface area contributed by atoms with Crippen LogP contribution < -0.4 is 0 Å². The lowest BCUT2D eigenvalue weighted by atomic mass is 9.88. The minimum atomic E-state index is -0.555. The van der Waals surface area contributed by atoms with E-state index in [9.17, 15) is 4.79 Å². The summed E-state index contributed by atoms with van der Waals surface area (Å²) in [5.41, 5.74) is 0. The largest absolute Gasteiger partial charge is 0.463 e. The van der Waals surface area contributed by atoms with Crippen molar-refractivity contribution in [3.8, 4) is 0 Å². The third-order valence-electron chi connectivity index (χ3n) is 4.75. The number of carbonyl (C=O) groups is 1. The first-order valence-corrected chi connectivity index (χ1v) is 10.6. The molecule has 0 saturated carbocycles. The second kappa shape index (κ2) is 16.3. The molecule has 0 radical (unpaired) electrons. The number of carbonyl (C=O) groups excluding carboxylic acids is 1. The first kappa shape index (κ1) is 25.1. The van der Waals surface area contributed by atoms with Gasteiger partial charge in [-0.3, -0.25) is 0 Å². The van der Waals surface area contributed by atoms with Crippen molar-refractivity contribution in [2.75, 3.05) is 19.8 Å². The van der Waals surface area contributed by atoms with Crippen molar-refractivity contribution < 1.29 is 19.0 Å². The summed E-state index contributed by atoms with van der Waals surface area (Å²) >= 11 is 0. The highest BCUT2D eigenvalue weighted by atomic mass is 16.7. The number of unbranched alkanes of at least 4 members (excludes halogenated alkanes) is 5. The molecule has 0 N–H and O–H groups in total. The van der Waals surface area contributed by atoms with E-state index >= 15 is 0 Å². The zero-order valence-electron chi connectivity index (χ0n) is 17.9. The van der Waals surface area contributed by atoms with Gasteiger partial charge in [-0.15, -0.1) is 0 Å². The normalized spacial score (nSPS) is 13.3. The molecule has 1 atom stereocenters. The standard InChI is InChI=1S/C22H42O4/c1-6-10-11-12-13-14-17-20(22(5,25-8-3)26-9-4)18-15-19-24-21(23)16-7-2/h7,16,20H,6,8-15,17-19H2,1-5H3. The second-order valence-corrected chi connectivity index (χ2v) is 6.95. The summed E-state index contributed by atoms with van der Waals surface area (Å²) in [7, 11) is 0. The van der Waals surface area contributed by atoms with Crippen molar-refractivity contribution in [1.29, 1.82) is 0 Å². The lowest BCUT2D eigenvalue weighted by molar-refractivity contribution is -0.254. The second-order valence-electron chi connectivity index (χ2n) is 6.95. The Bertz CT molecular complexity index is 359. The molecule has 0 saturated heterocycles. The number of allylic oxidation sites excluding steroid dienone is 1. The molecule has 26 heavy (non-hydrogen) atoms. The molecule has 0 spiro atoms. The van der Waals surface area contributed by atoms with E-state index in [1.807, 2.05) is 20.8 Å². The maximum atomic E-state index is 11.4. The van der Waals surface area contributed by atoms with E-state index in [-0.39, 0.29) is 5.97 Å². The predicted octanol–water partition coefficient (Wildman–Crippen LogP) is 6.04. The molecule has 1 unspecified atom stereocenters. The van der Waals surface area contributed by atoms with E-state index in [1.165, 1.54) is 44.6 Å². The molecule has 0 aliphatic carbocycles. The molecule has 0 aromatic rings. The summed E-state index contributed by atoms with van der Waals surface area (Å²) in [6.07, 6.45) is 13.7. The van der Waals surface area contributed by atoms with Crippen LogP contribution in [0.3, 0.4) is 0 Å². The van der Waals surface area contributed by atoms with Crippen molar-refractivity contribution >= 4 is 5.97 Å². The van der Waals surface area contributed by atoms with Crippen molar-refractivity contribution in [2.45, 2.75) is 98.2 Å². The average Bonchev–Trinajstić information content (AvgIpc) is 2.60. The molecule has 0 fully saturated rings. The highest BCUT2D eigenvalue weighted by Gasteiger charge is 2.34. The van der Waals surface area contributed by atoms with Gasteiger partial charge in [0.25, 0.3) is 0 Å². The zero-order valence-corrected chi connectivity index (χ0v) is 17.9.